The zero-order chi connectivity index (χ0) is 19.4. The number of hydrogen-bond acceptors (Lipinski definition) is 5. The van der Waals surface area contributed by atoms with Gasteiger partial charge in [0, 0.05) is 22.8 Å². The molecule has 0 bridgehead atoms. The second-order valence-electron chi connectivity index (χ2n) is 5.94. The van der Waals surface area contributed by atoms with Crippen LogP contribution in [-0.4, -0.2) is 30.9 Å². The second-order valence-corrected chi connectivity index (χ2v) is 7.00. The van der Waals surface area contributed by atoms with Crippen LogP contribution in [0.5, 0.6) is 5.75 Å². The average Bonchev–Trinajstić information content (AvgIpc) is 2.71. The van der Waals surface area contributed by atoms with Gasteiger partial charge in [0.05, 0.1) is 35.9 Å². The number of hydrogen-bond donors (Lipinski definition) is 0. The first-order valence-corrected chi connectivity index (χ1v) is 9.49. The zero-order valence-electron chi connectivity index (χ0n) is 15.6. The van der Waals surface area contributed by atoms with Crippen LogP contribution in [0.3, 0.4) is 0 Å². The third-order valence-corrected chi connectivity index (χ3v) is 5.34. The molecule has 1 heterocycles. The van der Waals surface area contributed by atoms with Gasteiger partial charge in [0.1, 0.15) is 5.75 Å². The molecular weight excluding hydrogens is 358 g/mol. The van der Waals surface area contributed by atoms with E-state index in [2.05, 4.69) is 6.58 Å². The maximum absolute atomic E-state index is 12.6. The highest BCUT2D eigenvalue weighted by molar-refractivity contribution is 7.99. The van der Waals surface area contributed by atoms with Crippen LogP contribution in [0, 0.1) is 6.92 Å². The number of carbonyl (C=O) groups is 1. The summed E-state index contributed by atoms with van der Waals surface area (Å²) in [7, 11) is 3.03. The van der Waals surface area contributed by atoms with Crippen molar-refractivity contribution in [3.8, 4) is 17.0 Å². The van der Waals surface area contributed by atoms with E-state index in [1.807, 2.05) is 55.5 Å². The number of methoxy groups -OCH3 is 2. The molecule has 1 aromatic heterocycles. The lowest BCUT2D eigenvalue weighted by Gasteiger charge is -2.16. The van der Waals surface area contributed by atoms with E-state index in [1.54, 1.807) is 18.9 Å². The predicted molar refractivity (Wildman–Crippen MR) is 111 cm³/mol. The Kier molecular flexibility index (Phi) is 5.81. The highest BCUT2D eigenvalue weighted by Crippen LogP contribution is 2.37. The van der Waals surface area contributed by atoms with E-state index in [1.165, 1.54) is 7.11 Å². The summed E-state index contributed by atoms with van der Waals surface area (Å²) >= 11 is 1.60. The van der Waals surface area contributed by atoms with Crippen LogP contribution in [0.4, 0.5) is 0 Å². The number of thioether (sulfide) groups is 1. The molecule has 0 aliphatic carbocycles. The van der Waals surface area contributed by atoms with Crippen LogP contribution in [0.15, 0.2) is 60.0 Å². The van der Waals surface area contributed by atoms with E-state index in [0.717, 1.165) is 38.6 Å². The fourth-order valence-electron chi connectivity index (χ4n) is 3.03. The Morgan fingerprint density at radius 2 is 1.96 bits per heavy atom. The smallest absolute Gasteiger partial charge is 0.338 e. The fourth-order valence-corrected chi connectivity index (χ4v) is 3.81. The maximum atomic E-state index is 12.6. The van der Waals surface area contributed by atoms with Crippen LogP contribution in [-0.2, 0) is 4.74 Å². The number of fused-ring (bicyclic) bond motifs is 1. The van der Waals surface area contributed by atoms with Crippen molar-refractivity contribution in [2.75, 3.05) is 20.0 Å². The molecule has 0 saturated carbocycles. The molecule has 0 saturated heterocycles. The average molecular weight is 379 g/mol. The van der Waals surface area contributed by atoms with Gasteiger partial charge in [0.2, 0.25) is 0 Å². The van der Waals surface area contributed by atoms with Gasteiger partial charge < -0.3 is 9.47 Å². The normalized spacial score (nSPS) is 10.6. The van der Waals surface area contributed by atoms with Gasteiger partial charge in [0.25, 0.3) is 0 Å². The van der Waals surface area contributed by atoms with E-state index < -0.39 is 0 Å². The SMILES string of the molecule is C=CCSc1cc2c(C(=O)OC)c(C)c(-c3ccccc3)nc2cc1OC. The molecule has 0 radical (unpaired) electrons. The van der Waals surface area contributed by atoms with Crippen molar-refractivity contribution in [3.05, 3.63) is 66.2 Å². The number of carbonyl (C=O) groups excluding carboxylic acids is 1. The molecule has 0 unspecified atom stereocenters. The molecule has 5 heteroatoms. The van der Waals surface area contributed by atoms with Crippen LogP contribution in [0.25, 0.3) is 22.2 Å². The number of nitrogens with zero attached hydrogens (tertiary/aromatic N) is 1. The number of pyridine rings is 1. The van der Waals surface area contributed by atoms with Crippen LogP contribution >= 0.6 is 11.8 Å². The Morgan fingerprint density at radius 3 is 2.59 bits per heavy atom. The Hall–Kier alpha value is -2.79. The number of ether oxygens (including phenoxy) is 2. The van der Waals surface area contributed by atoms with Gasteiger partial charge in [-0.2, -0.15) is 0 Å². The summed E-state index contributed by atoms with van der Waals surface area (Å²) in [4.78, 5) is 18.4. The molecule has 2 aromatic carbocycles. The Morgan fingerprint density at radius 1 is 1.22 bits per heavy atom. The maximum Gasteiger partial charge on any atom is 0.338 e. The standard InChI is InChI=1S/C22H21NO3S/c1-5-11-27-19-12-16-17(13-18(19)25-3)23-21(15-9-7-6-8-10-15)14(2)20(16)22(24)26-4/h5-10,12-13H,1,11H2,2-4H3. The third kappa shape index (κ3) is 3.69. The Balaban J connectivity index is 2.34. The van der Waals surface area contributed by atoms with Gasteiger partial charge in [0.15, 0.2) is 0 Å². The summed E-state index contributed by atoms with van der Waals surface area (Å²) in [5.74, 6) is 1.09. The number of benzene rings is 2. The van der Waals surface area contributed by atoms with E-state index >= 15 is 0 Å². The van der Waals surface area contributed by atoms with Crippen LogP contribution in [0.2, 0.25) is 0 Å². The molecule has 0 atom stereocenters. The monoisotopic (exact) mass is 379 g/mol. The van der Waals surface area contributed by atoms with Gasteiger partial charge in [-0.05, 0) is 18.6 Å². The third-order valence-electron chi connectivity index (χ3n) is 4.31. The minimum Gasteiger partial charge on any atom is -0.496 e. The van der Waals surface area contributed by atoms with Gasteiger partial charge in [-0.25, -0.2) is 9.78 Å². The lowest BCUT2D eigenvalue weighted by atomic mass is 9.97. The highest BCUT2D eigenvalue weighted by Gasteiger charge is 2.21. The summed E-state index contributed by atoms with van der Waals surface area (Å²) in [5, 5.41) is 0.756. The van der Waals surface area contributed by atoms with Gasteiger partial charge in [-0.1, -0.05) is 36.4 Å². The minimum atomic E-state index is -0.373. The summed E-state index contributed by atoms with van der Waals surface area (Å²) in [6, 6.07) is 13.6. The highest BCUT2D eigenvalue weighted by atomic mass is 32.2. The second kappa shape index (κ2) is 8.27. The first kappa shape index (κ1) is 19.0. The Bertz CT molecular complexity index is 1000. The van der Waals surface area contributed by atoms with Crippen molar-refractivity contribution >= 4 is 28.6 Å². The molecule has 0 amide bonds. The van der Waals surface area contributed by atoms with Crippen molar-refractivity contribution in [2.24, 2.45) is 0 Å². The van der Waals surface area contributed by atoms with E-state index in [4.69, 9.17) is 14.5 Å². The molecule has 0 fully saturated rings. The fraction of sp³-hybridized carbons (Fsp3) is 0.182. The van der Waals surface area contributed by atoms with Crippen molar-refractivity contribution < 1.29 is 14.3 Å². The first-order chi connectivity index (χ1) is 13.1. The lowest BCUT2D eigenvalue weighted by Crippen LogP contribution is -2.08. The molecule has 0 aliphatic heterocycles. The van der Waals surface area contributed by atoms with Gasteiger partial charge >= 0.3 is 5.97 Å². The van der Waals surface area contributed by atoms with E-state index in [-0.39, 0.29) is 5.97 Å². The van der Waals surface area contributed by atoms with Gasteiger partial charge in [-0.15, -0.1) is 18.3 Å². The summed E-state index contributed by atoms with van der Waals surface area (Å²) in [6.45, 7) is 5.67. The lowest BCUT2D eigenvalue weighted by molar-refractivity contribution is 0.0602. The summed E-state index contributed by atoms with van der Waals surface area (Å²) in [6.07, 6.45) is 1.83. The Labute approximate surface area is 163 Å². The van der Waals surface area contributed by atoms with E-state index in [0.29, 0.717) is 11.1 Å². The molecule has 4 nitrogen and oxygen atoms in total. The number of aromatic nitrogens is 1. The van der Waals surface area contributed by atoms with Crippen LogP contribution < -0.4 is 4.74 Å². The number of rotatable bonds is 6. The van der Waals surface area contributed by atoms with Crippen molar-refractivity contribution in [1.29, 1.82) is 0 Å². The van der Waals surface area contributed by atoms with Crippen molar-refractivity contribution in [2.45, 2.75) is 11.8 Å². The van der Waals surface area contributed by atoms with Crippen LogP contribution in [0.1, 0.15) is 15.9 Å². The molecule has 138 valence electrons. The molecule has 0 aliphatic rings. The molecule has 3 aromatic rings. The minimum absolute atomic E-state index is 0.373. The molecule has 0 spiro atoms. The van der Waals surface area contributed by atoms with Gasteiger partial charge in [-0.3, -0.25) is 0 Å². The molecule has 27 heavy (non-hydrogen) atoms. The first-order valence-electron chi connectivity index (χ1n) is 8.50. The predicted octanol–water partition coefficient (Wildman–Crippen LogP) is 5.28. The summed E-state index contributed by atoms with van der Waals surface area (Å²) in [5.41, 5.74) is 3.73. The van der Waals surface area contributed by atoms with Crippen molar-refractivity contribution in [1.82, 2.24) is 4.98 Å². The molecule has 0 N–H and O–H groups in total. The molecular formula is C22H21NO3S. The van der Waals surface area contributed by atoms with E-state index in [9.17, 15) is 4.79 Å². The number of esters is 1. The topological polar surface area (TPSA) is 48.4 Å². The quantitative estimate of drug-likeness (QED) is 0.331. The van der Waals surface area contributed by atoms with Crippen molar-refractivity contribution in [3.63, 3.8) is 0 Å². The largest absolute Gasteiger partial charge is 0.496 e. The zero-order valence-corrected chi connectivity index (χ0v) is 16.4. The summed E-state index contributed by atoms with van der Waals surface area (Å²) < 4.78 is 10.6. The molecule has 3 rings (SSSR count).